The van der Waals surface area contributed by atoms with Crippen molar-refractivity contribution >= 4 is 17.6 Å². The first-order valence-electron chi connectivity index (χ1n) is 7.56. The van der Waals surface area contributed by atoms with Crippen LogP contribution in [0, 0.1) is 0 Å². The van der Waals surface area contributed by atoms with Gasteiger partial charge in [-0.2, -0.15) is 0 Å². The van der Waals surface area contributed by atoms with Gasteiger partial charge in [0.15, 0.2) is 5.96 Å². The molecular weight excluding hydrogens is 270 g/mol. The van der Waals surface area contributed by atoms with Crippen molar-refractivity contribution in [3.63, 3.8) is 0 Å². The number of hydrogen-bond acceptors (Lipinski definition) is 1. The van der Waals surface area contributed by atoms with Gasteiger partial charge in [0.2, 0.25) is 0 Å². The second kappa shape index (κ2) is 6.04. The quantitative estimate of drug-likeness (QED) is 0.662. The lowest BCUT2D eigenvalue weighted by Gasteiger charge is -2.36. The van der Waals surface area contributed by atoms with E-state index in [1.165, 1.54) is 31.2 Å². The van der Waals surface area contributed by atoms with E-state index in [0.29, 0.717) is 24.0 Å². The second-order valence-electron chi connectivity index (χ2n) is 6.02. The van der Waals surface area contributed by atoms with Crippen LogP contribution < -0.4 is 11.1 Å². The van der Waals surface area contributed by atoms with E-state index in [9.17, 15) is 0 Å². The highest BCUT2D eigenvalue weighted by molar-refractivity contribution is 6.30. The Labute approximate surface area is 125 Å². The monoisotopic (exact) mass is 291 g/mol. The Balaban J connectivity index is 1.48. The lowest BCUT2D eigenvalue weighted by atomic mass is 9.76. The Morgan fingerprint density at radius 1 is 1.25 bits per heavy atom. The van der Waals surface area contributed by atoms with Gasteiger partial charge in [0, 0.05) is 11.1 Å². The molecular formula is C16H22ClN3. The molecule has 0 radical (unpaired) electrons. The van der Waals surface area contributed by atoms with Crippen LogP contribution in [-0.2, 0) is 0 Å². The summed E-state index contributed by atoms with van der Waals surface area (Å²) < 4.78 is 0. The van der Waals surface area contributed by atoms with Crippen molar-refractivity contribution in [2.75, 3.05) is 0 Å². The van der Waals surface area contributed by atoms with E-state index in [2.05, 4.69) is 22.4 Å². The molecule has 0 saturated heterocycles. The van der Waals surface area contributed by atoms with Gasteiger partial charge < -0.3 is 11.1 Å². The minimum absolute atomic E-state index is 0.450. The summed E-state index contributed by atoms with van der Waals surface area (Å²) in [6.45, 7) is 0. The molecule has 0 heterocycles. The lowest BCUT2D eigenvalue weighted by molar-refractivity contribution is 0.323. The van der Waals surface area contributed by atoms with Gasteiger partial charge in [0.25, 0.3) is 0 Å². The molecule has 3 nitrogen and oxygen atoms in total. The molecule has 4 heteroatoms. The predicted molar refractivity (Wildman–Crippen MR) is 84.2 cm³/mol. The maximum atomic E-state index is 6.03. The Morgan fingerprint density at radius 2 is 2.00 bits per heavy atom. The molecule has 108 valence electrons. The molecule has 2 aliphatic carbocycles. The number of halogens is 1. The van der Waals surface area contributed by atoms with Gasteiger partial charge in [-0.05, 0) is 49.3 Å². The number of rotatable bonds is 3. The van der Waals surface area contributed by atoms with E-state index in [1.807, 2.05) is 12.1 Å². The van der Waals surface area contributed by atoms with Gasteiger partial charge in [-0.25, -0.2) is 0 Å². The molecule has 2 fully saturated rings. The van der Waals surface area contributed by atoms with Crippen molar-refractivity contribution in [2.24, 2.45) is 10.7 Å². The molecule has 0 aliphatic heterocycles. The molecule has 1 aromatic carbocycles. The fourth-order valence-electron chi connectivity index (χ4n) is 3.24. The number of nitrogens with two attached hydrogens (primary N) is 1. The average Bonchev–Trinajstić information content (AvgIpc) is 2.86. The van der Waals surface area contributed by atoms with Crippen molar-refractivity contribution in [3.05, 3.63) is 34.9 Å². The fraction of sp³-hybridized carbons (Fsp3) is 0.562. The summed E-state index contributed by atoms with van der Waals surface area (Å²) in [6.07, 6.45) is 7.20. The third-order valence-corrected chi connectivity index (χ3v) is 4.69. The normalized spacial score (nSPS) is 27.4. The van der Waals surface area contributed by atoms with Crippen molar-refractivity contribution < 1.29 is 0 Å². The van der Waals surface area contributed by atoms with Crippen LogP contribution in [-0.4, -0.2) is 18.0 Å². The van der Waals surface area contributed by atoms with Gasteiger partial charge in [-0.1, -0.05) is 36.6 Å². The van der Waals surface area contributed by atoms with E-state index >= 15 is 0 Å². The van der Waals surface area contributed by atoms with Gasteiger partial charge in [0.1, 0.15) is 0 Å². The molecule has 0 spiro atoms. The lowest BCUT2D eigenvalue weighted by Crippen LogP contribution is -2.47. The third-order valence-electron chi connectivity index (χ3n) is 4.46. The Bertz CT molecular complexity index is 488. The van der Waals surface area contributed by atoms with Crippen LogP contribution in [0.25, 0.3) is 0 Å². The molecule has 0 bridgehead atoms. The summed E-state index contributed by atoms with van der Waals surface area (Å²) >= 11 is 6.03. The minimum Gasteiger partial charge on any atom is -0.370 e. The highest BCUT2D eigenvalue weighted by Crippen LogP contribution is 2.37. The molecule has 0 unspecified atom stereocenters. The SMILES string of the molecule is NC(=NC1CCCC1)NC1CC(c2cccc(Cl)c2)C1. The summed E-state index contributed by atoms with van der Waals surface area (Å²) in [5.74, 6) is 1.23. The number of hydrogen-bond donors (Lipinski definition) is 2. The smallest absolute Gasteiger partial charge is 0.189 e. The van der Waals surface area contributed by atoms with Gasteiger partial charge in [-0.3, -0.25) is 4.99 Å². The summed E-state index contributed by atoms with van der Waals surface area (Å²) in [4.78, 5) is 4.57. The van der Waals surface area contributed by atoms with Gasteiger partial charge in [0.05, 0.1) is 6.04 Å². The van der Waals surface area contributed by atoms with Crippen molar-refractivity contribution in [2.45, 2.75) is 56.5 Å². The molecule has 2 aliphatic rings. The van der Waals surface area contributed by atoms with E-state index in [0.717, 1.165) is 17.9 Å². The highest BCUT2D eigenvalue weighted by atomic mass is 35.5. The van der Waals surface area contributed by atoms with Crippen LogP contribution in [0.5, 0.6) is 0 Å². The Hall–Kier alpha value is -1.22. The summed E-state index contributed by atoms with van der Waals surface area (Å²) in [7, 11) is 0. The summed E-state index contributed by atoms with van der Waals surface area (Å²) in [5, 5.41) is 4.17. The first kappa shape index (κ1) is 13.7. The van der Waals surface area contributed by atoms with Crippen LogP contribution in [0.1, 0.15) is 50.0 Å². The van der Waals surface area contributed by atoms with Crippen molar-refractivity contribution in [1.82, 2.24) is 5.32 Å². The summed E-state index contributed by atoms with van der Waals surface area (Å²) in [5.41, 5.74) is 7.32. The Morgan fingerprint density at radius 3 is 2.70 bits per heavy atom. The molecule has 0 atom stereocenters. The Kier molecular flexibility index (Phi) is 4.16. The molecule has 2 saturated carbocycles. The van der Waals surface area contributed by atoms with Crippen molar-refractivity contribution in [3.8, 4) is 0 Å². The van der Waals surface area contributed by atoms with E-state index in [-0.39, 0.29) is 0 Å². The number of aliphatic imine (C=N–C) groups is 1. The van der Waals surface area contributed by atoms with Crippen LogP contribution in [0.15, 0.2) is 29.3 Å². The zero-order valence-corrected chi connectivity index (χ0v) is 12.4. The first-order valence-corrected chi connectivity index (χ1v) is 7.94. The van der Waals surface area contributed by atoms with Crippen LogP contribution in [0.4, 0.5) is 0 Å². The third kappa shape index (κ3) is 3.26. The van der Waals surface area contributed by atoms with E-state index < -0.39 is 0 Å². The number of nitrogens with one attached hydrogen (secondary N) is 1. The van der Waals surface area contributed by atoms with Gasteiger partial charge in [-0.15, -0.1) is 0 Å². The second-order valence-corrected chi connectivity index (χ2v) is 6.45. The van der Waals surface area contributed by atoms with Gasteiger partial charge >= 0.3 is 0 Å². The molecule has 0 aromatic heterocycles. The highest BCUT2D eigenvalue weighted by Gasteiger charge is 2.30. The van der Waals surface area contributed by atoms with Crippen molar-refractivity contribution in [1.29, 1.82) is 0 Å². The molecule has 0 amide bonds. The minimum atomic E-state index is 0.450. The maximum absolute atomic E-state index is 6.03. The number of benzene rings is 1. The van der Waals surface area contributed by atoms with Crippen LogP contribution >= 0.6 is 11.6 Å². The predicted octanol–water partition coefficient (Wildman–Crippen LogP) is 3.43. The topological polar surface area (TPSA) is 50.4 Å². The first-order chi connectivity index (χ1) is 9.70. The number of nitrogens with zero attached hydrogens (tertiary/aromatic N) is 1. The number of guanidine groups is 1. The summed E-state index contributed by atoms with van der Waals surface area (Å²) in [6, 6.07) is 9.08. The molecule has 3 N–H and O–H groups in total. The molecule has 20 heavy (non-hydrogen) atoms. The van der Waals surface area contributed by atoms with Crippen LogP contribution in [0.2, 0.25) is 5.02 Å². The zero-order chi connectivity index (χ0) is 13.9. The molecule has 1 aromatic rings. The fourth-order valence-corrected chi connectivity index (χ4v) is 3.44. The zero-order valence-electron chi connectivity index (χ0n) is 11.7. The maximum Gasteiger partial charge on any atom is 0.189 e. The molecule has 3 rings (SSSR count). The van der Waals surface area contributed by atoms with E-state index in [1.54, 1.807) is 0 Å². The average molecular weight is 292 g/mol. The largest absolute Gasteiger partial charge is 0.370 e. The van der Waals surface area contributed by atoms with E-state index in [4.69, 9.17) is 17.3 Å². The standard InChI is InChI=1S/C16H22ClN3/c17-13-5-3-4-11(8-13)12-9-15(10-12)20-16(18)19-14-6-1-2-7-14/h3-5,8,12,14-15H,1-2,6-7,9-10H2,(H3,18,19,20). The van der Waals surface area contributed by atoms with Crippen LogP contribution in [0.3, 0.4) is 0 Å².